The Labute approximate surface area is 129 Å². The molecule has 1 aromatic carbocycles. The van der Waals surface area contributed by atoms with E-state index in [1.54, 1.807) is 25.5 Å². The van der Waals surface area contributed by atoms with Crippen LogP contribution >= 0.6 is 0 Å². The predicted octanol–water partition coefficient (Wildman–Crippen LogP) is 2.35. The zero-order valence-electron chi connectivity index (χ0n) is 12.5. The van der Waals surface area contributed by atoms with E-state index in [4.69, 9.17) is 10.5 Å². The lowest BCUT2D eigenvalue weighted by molar-refractivity contribution is -0.136. The van der Waals surface area contributed by atoms with Crippen LogP contribution in [0.5, 0.6) is 0 Å². The van der Waals surface area contributed by atoms with Crippen LogP contribution in [0.2, 0.25) is 0 Å². The second-order valence-electron chi connectivity index (χ2n) is 4.90. The minimum atomic E-state index is -0.430. The molecule has 0 unspecified atom stereocenters. The van der Waals surface area contributed by atoms with Gasteiger partial charge in [0.05, 0.1) is 6.33 Å². The van der Waals surface area contributed by atoms with Crippen molar-refractivity contribution in [2.24, 2.45) is 5.73 Å². The van der Waals surface area contributed by atoms with Crippen LogP contribution in [0.25, 0.3) is 6.08 Å². The molecule has 0 saturated heterocycles. The molecule has 0 saturated carbocycles. The van der Waals surface area contributed by atoms with Crippen molar-refractivity contribution in [2.45, 2.75) is 13.5 Å². The van der Waals surface area contributed by atoms with Gasteiger partial charge in [-0.05, 0) is 24.1 Å². The lowest BCUT2D eigenvalue weighted by atomic mass is 10.1. The van der Waals surface area contributed by atoms with E-state index in [1.165, 1.54) is 11.6 Å². The van der Waals surface area contributed by atoms with Crippen LogP contribution in [-0.2, 0) is 16.1 Å². The van der Waals surface area contributed by atoms with E-state index in [2.05, 4.69) is 17.1 Å². The fraction of sp³-hybridized carbons (Fsp3) is 0.176. The summed E-state index contributed by atoms with van der Waals surface area (Å²) < 4.78 is 6.99. The second-order valence-corrected chi connectivity index (χ2v) is 4.90. The first kappa shape index (κ1) is 15.6. The number of carbonyl (C=O) groups excluding carboxylic acids is 1. The Kier molecular flexibility index (Phi) is 5.54. The van der Waals surface area contributed by atoms with Crippen molar-refractivity contribution >= 4 is 12.0 Å². The van der Waals surface area contributed by atoms with E-state index in [0.29, 0.717) is 5.70 Å². The molecule has 0 radical (unpaired) electrons. The number of benzene rings is 1. The summed E-state index contributed by atoms with van der Waals surface area (Å²) in [7, 11) is 0. The molecule has 22 heavy (non-hydrogen) atoms. The summed E-state index contributed by atoms with van der Waals surface area (Å²) in [5.41, 5.74) is 8.07. The number of nitrogens with two attached hydrogens (primary N) is 1. The largest absolute Gasteiger partial charge is 0.458 e. The van der Waals surface area contributed by atoms with Gasteiger partial charge in [-0.15, -0.1) is 0 Å². The minimum Gasteiger partial charge on any atom is -0.458 e. The maximum absolute atomic E-state index is 11.2. The number of nitrogens with zero attached hydrogens (tertiary/aromatic N) is 2. The summed E-state index contributed by atoms with van der Waals surface area (Å²) in [6, 6.07) is 8.17. The smallest absolute Gasteiger partial charge is 0.332 e. The average molecular weight is 297 g/mol. The highest BCUT2D eigenvalue weighted by atomic mass is 16.5. The highest BCUT2D eigenvalue weighted by molar-refractivity contribution is 5.82. The SMILES string of the molecule is C/C(N)=C/C(=O)OC/C=C/c1ccc(Cn2ccnc2)cc1. The van der Waals surface area contributed by atoms with Crippen LogP contribution in [0.15, 0.2) is 60.8 Å². The fourth-order valence-electron chi connectivity index (χ4n) is 1.87. The second kappa shape index (κ2) is 7.83. The van der Waals surface area contributed by atoms with E-state index < -0.39 is 5.97 Å². The Morgan fingerprint density at radius 3 is 2.77 bits per heavy atom. The molecule has 0 aliphatic carbocycles. The lowest BCUT2D eigenvalue weighted by Gasteiger charge is -2.03. The van der Waals surface area contributed by atoms with E-state index in [0.717, 1.165) is 12.1 Å². The number of rotatable bonds is 6. The molecule has 2 N–H and O–H groups in total. The molecule has 0 aliphatic rings. The highest BCUT2D eigenvalue weighted by Crippen LogP contribution is 2.08. The van der Waals surface area contributed by atoms with Crippen LogP contribution in [-0.4, -0.2) is 22.1 Å². The van der Waals surface area contributed by atoms with Crippen molar-refractivity contribution in [3.63, 3.8) is 0 Å². The number of ether oxygens (including phenoxy) is 1. The molecule has 2 rings (SSSR count). The number of imidazole rings is 1. The Morgan fingerprint density at radius 1 is 1.36 bits per heavy atom. The van der Waals surface area contributed by atoms with Crippen molar-refractivity contribution in [1.29, 1.82) is 0 Å². The Balaban J connectivity index is 1.82. The molecule has 0 bridgehead atoms. The maximum atomic E-state index is 11.2. The summed E-state index contributed by atoms with van der Waals surface area (Å²) in [5.74, 6) is -0.430. The molecule has 0 fully saturated rings. The van der Waals surface area contributed by atoms with E-state index in [1.807, 2.05) is 29.0 Å². The molecule has 0 amide bonds. The first-order valence-electron chi connectivity index (χ1n) is 6.95. The standard InChI is InChI=1S/C17H19N3O2/c1-14(18)11-17(21)22-10-2-3-15-4-6-16(7-5-15)12-20-9-8-19-13-20/h2-9,11,13H,10,12,18H2,1H3/b3-2+,14-11-. The topological polar surface area (TPSA) is 70.1 Å². The zero-order valence-corrected chi connectivity index (χ0v) is 12.5. The average Bonchev–Trinajstić information content (AvgIpc) is 2.97. The summed E-state index contributed by atoms with van der Waals surface area (Å²) in [6.07, 6.45) is 10.5. The molecular formula is C17H19N3O2. The van der Waals surface area contributed by atoms with Crippen LogP contribution in [0.4, 0.5) is 0 Å². The number of carbonyl (C=O) groups is 1. The predicted molar refractivity (Wildman–Crippen MR) is 85.7 cm³/mol. The van der Waals surface area contributed by atoms with E-state index in [-0.39, 0.29) is 6.61 Å². The maximum Gasteiger partial charge on any atom is 0.332 e. The lowest BCUT2D eigenvalue weighted by Crippen LogP contribution is -2.03. The first-order chi connectivity index (χ1) is 10.6. The van der Waals surface area contributed by atoms with Gasteiger partial charge in [0.25, 0.3) is 0 Å². The van der Waals surface area contributed by atoms with Gasteiger partial charge < -0.3 is 15.0 Å². The summed E-state index contributed by atoms with van der Waals surface area (Å²) in [6.45, 7) is 2.66. The highest BCUT2D eigenvalue weighted by Gasteiger charge is 1.96. The van der Waals surface area contributed by atoms with E-state index in [9.17, 15) is 4.79 Å². The number of aromatic nitrogens is 2. The monoisotopic (exact) mass is 297 g/mol. The first-order valence-corrected chi connectivity index (χ1v) is 6.95. The number of esters is 1. The normalized spacial score (nSPS) is 11.8. The quantitative estimate of drug-likeness (QED) is 0.656. The van der Waals surface area contributed by atoms with Gasteiger partial charge in [0.15, 0.2) is 0 Å². The van der Waals surface area contributed by atoms with Crippen molar-refractivity contribution in [3.05, 3.63) is 72.0 Å². The molecule has 0 spiro atoms. The number of hydrogen-bond donors (Lipinski definition) is 1. The van der Waals surface area contributed by atoms with Gasteiger partial charge in [0.2, 0.25) is 0 Å². The molecular weight excluding hydrogens is 278 g/mol. The van der Waals surface area contributed by atoms with Crippen LogP contribution in [0.3, 0.4) is 0 Å². The Morgan fingerprint density at radius 2 is 2.14 bits per heavy atom. The summed E-state index contributed by atoms with van der Waals surface area (Å²) in [5, 5.41) is 0. The van der Waals surface area contributed by atoms with Crippen molar-refractivity contribution in [1.82, 2.24) is 9.55 Å². The zero-order chi connectivity index (χ0) is 15.8. The molecule has 1 heterocycles. The van der Waals surface area contributed by atoms with E-state index >= 15 is 0 Å². The number of hydrogen-bond acceptors (Lipinski definition) is 4. The van der Waals surface area contributed by atoms with Gasteiger partial charge in [-0.25, -0.2) is 9.78 Å². The van der Waals surface area contributed by atoms with Gasteiger partial charge in [-0.3, -0.25) is 0 Å². The molecule has 5 heteroatoms. The minimum absolute atomic E-state index is 0.222. The van der Waals surface area contributed by atoms with Gasteiger partial charge in [0, 0.05) is 30.7 Å². The number of allylic oxidation sites excluding steroid dienone is 1. The van der Waals surface area contributed by atoms with Crippen LogP contribution in [0.1, 0.15) is 18.1 Å². The third kappa shape index (κ3) is 5.28. The van der Waals surface area contributed by atoms with Crippen LogP contribution in [0, 0.1) is 0 Å². The van der Waals surface area contributed by atoms with Gasteiger partial charge >= 0.3 is 5.97 Å². The van der Waals surface area contributed by atoms with Gasteiger partial charge in [-0.1, -0.05) is 30.3 Å². The van der Waals surface area contributed by atoms with Gasteiger partial charge in [-0.2, -0.15) is 0 Å². The van der Waals surface area contributed by atoms with Crippen LogP contribution < -0.4 is 5.73 Å². The molecule has 114 valence electrons. The van der Waals surface area contributed by atoms with Gasteiger partial charge in [0.1, 0.15) is 6.61 Å². The molecule has 1 aromatic heterocycles. The Hall–Kier alpha value is -2.82. The van der Waals surface area contributed by atoms with Crippen molar-refractivity contribution < 1.29 is 9.53 Å². The van der Waals surface area contributed by atoms with Crippen molar-refractivity contribution in [2.75, 3.05) is 6.61 Å². The molecule has 5 nitrogen and oxygen atoms in total. The summed E-state index contributed by atoms with van der Waals surface area (Å²) >= 11 is 0. The third-order valence-corrected chi connectivity index (χ3v) is 2.88. The summed E-state index contributed by atoms with van der Waals surface area (Å²) in [4.78, 5) is 15.3. The third-order valence-electron chi connectivity index (χ3n) is 2.88. The molecule has 0 atom stereocenters. The molecule has 0 aliphatic heterocycles. The Bertz CT molecular complexity index is 652. The molecule has 2 aromatic rings. The fourth-order valence-corrected chi connectivity index (χ4v) is 1.87. The van der Waals surface area contributed by atoms with Crippen molar-refractivity contribution in [3.8, 4) is 0 Å².